The lowest BCUT2D eigenvalue weighted by Crippen LogP contribution is -2.16. The summed E-state index contributed by atoms with van der Waals surface area (Å²) in [5.41, 5.74) is 2.20. The molecule has 1 unspecified atom stereocenters. The van der Waals surface area contributed by atoms with Gasteiger partial charge in [0, 0.05) is 40.3 Å². The van der Waals surface area contributed by atoms with Crippen LogP contribution < -0.4 is 5.32 Å². The molecule has 5 heteroatoms. The van der Waals surface area contributed by atoms with E-state index in [9.17, 15) is 4.21 Å². The summed E-state index contributed by atoms with van der Waals surface area (Å²) in [7, 11) is -0.687. The van der Waals surface area contributed by atoms with Crippen LogP contribution >= 0.6 is 11.3 Å². The Balaban J connectivity index is 1.80. The van der Waals surface area contributed by atoms with Crippen LogP contribution in [-0.2, 0) is 17.3 Å². The zero-order chi connectivity index (χ0) is 13.5. The first-order valence-electron chi connectivity index (χ1n) is 6.26. The number of rotatable bonds is 7. The number of thiazole rings is 1. The summed E-state index contributed by atoms with van der Waals surface area (Å²) in [6, 6.07) is 10.2. The summed E-state index contributed by atoms with van der Waals surface area (Å²) < 4.78 is 10.9. The minimum atomic E-state index is -0.687. The second kappa shape index (κ2) is 7.53. The van der Waals surface area contributed by atoms with E-state index < -0.39 is 10.8 Å². The quantitative estimate of drug-likeness (QED) is 0.798. The van der Waals surface area contributed by atoms with E-state index in [4.69, 9.17) is 0 Å². The molecule has 1 heterocycles. The van der Waals surface area contributed by atoms with Crippen LogP contribution in [0.3, 0.4) is 0 Å². The monoisotopic (exact) mass is 294 g/mol. The van der Waals surface area contributed by atoms with Gasteiger partial charge in [0.1, 0.15) is 5.01 Å². The van der Waals surface area contributed by atoms with E-state index in [1.165, 1.54) is 0 Å². The lowest BCUT2D eigenvalue weighted by atomic mass is 10.2. The highest BCUT2D eigenvalue weighted by Crippen LogP contribution is 2.21. The van der Waals surface area contributed by atoms with E-state index in [0.717, 1.165) is 41.5 Å². The molecule has 1 aromatic heterocycles. The molecule has 0 spiro atoms. The number of hydrogen-bond acceptors (Lipinski definition) is 4. The van der Waals surface area contributed by atoms with E-state index in [2.05, 4.69) is 27.8 Å². The zero-order valence-electron chi connectivity index (χ0n) is 11.0. The Bertz CT molecular complexity index is 525. The highest BCUT2D eigenvalue weighted by atomic mass is 32.2. The molecule has 1 atom stereocenters. The van der Waals surface area contributed by atoms with E-state index in [1.807, 2.05) is 18.2 Å². The third kappa shape index (κ3) is 4.86. The van der Waals surface area contributed by atoms with E-state index in [0.29, 0.717) is 0 Å². The van der Waals surface area contributed by atoms with Crippen molar-refractivity contribution in [3.63, 3.8) is 0 Å². The van der Waals surface area contributed by atoms with Gasteiger partial charge >= 0.3 is 0 Å². The molecule has 3 nitrogen and oxygen atoms in total. The van der Waals surface area contributed by atoms with Gasteiger partial charge in [0.15, 0.2) is 0 Å². The maximum absolute atomic E-state index is 10.9. The molecule has 1 aromatic carbocycles. The summed E-state index contributed by atoms with van der Waals surface area (Å²) in [6.45, 7) is 1.67. The molecule has 0 saturated carbocycles. The molecular weight excluding hydrogens is 276 g/mol. The first kappa shape index (κ1) is 14.4. The van der Waals surface area contributed by atoms with Gasteiger partial charge in [-0.1, -0.05) is 30.3 Å². The first-order valence-corrected chi connectivity index (χ1v) is 8.87. The average molecular weight is 294 g/mol. The fourth-order valence-electron chi connectivity index (χ4n) is 1.73. The van der Waals surface area contributed by atoms with Crippen molar-refractivity contribution in [2.75, 3.05) is 18.6 Å². The molecule has 0 saturated heterocycles. The molecule has 19 heavy (non-hydrogen) atoms. The smallest absolute Gasteiger partial charge is 0.107 e. The molecule has 0 fully saturated rings. The summed E-state index contributed by atoms with van der Waals surface area (Å²) >= 11 is 1.68. The summed E-state index contributed by atoms with van der Waals surface area (Å²) in [5, 5.41) is 6.52. The van der Waals surface area contributed by atoms with Gasteiger partial charge in [-0.2, -0.15) is 0 Å². The summed E-state index contributed by atoms with van der Waals surface area (Å²) in [4.78, 5) is 4.61. The molecule has 1 N–H and O–H groups in total. The van der Waals surface area contributed by atoms with Crippen LogP contribution in [0.2, 0.25) is 0 Å². The number of benzene rings is 1. The SMILES string of the molecule is CS(=O)CCCNCc1nc(-c2ccccc2)cs1. The molecule has 0 amide bonds. The molecule has 0 aliphatic rings. The van der Waals surface area contributed by atoms with Crippen LogP contribution in [-0.4, -0.2) is 27.7 Å². The molecular formula is C14H18N2OS2. The normalized spacial score (nSPS) is 12.5. The van der Waals surface area contributed by atoms with Crippen molar-refractivity contribution in [1.29, 1.82) is 0 Å². The van der Waals surface area contributed by atoms with Crippen molar-refractivity contribution in [3.05, 3.63) is 40.7 Å². The fourth-order valence-corrected chi connectivity index (χ4v) is 3.05. The Morgan fingerprint density at radius 1 is 1.32 bits per heavy atom. The third-order valence-electron chi connectivity index (χ3n) is 2.68. The van der Waals surface area contributed by atoms with E-state index >= 15 is 0 Å². The van der Waals surface area contributed by atoms with Crippen LogP contribution in [0.1, 0.15) is 11.4 Å². The maximum atomic E-state index is 10.9. The first-order chi connectivity index (χ1) is 9.25. The Hall–Kier alpha value is -1.04. The van der Waals surface area contributed by atoms with Gasteiger partial charge in [-0.05, 0) is 13.0 Å². The minimum absolute atomic E-state index is 0.687. The van der Waals surface area contributed by atoms with Crippen molar-refractivity contribution in [1.82, 2.24) is 10.3 Å². The van der Waals surface area contributed by atoms with E-state index in [-0.39, 0.29) is 0 Å². The van der Waals surface area contributed by atoms with Gasteiger partial charge in [0.05, 0.1) is 5.69 Å². The number of nitrogens with zero attached hydrogens (tertiary/aromatic N) is 1. The van der Waals surface area contributed by atoms with Crippen LogP contribution in [0.5, 0.6) is 0 Å². The van der Waals surface area contributed by atoms with Gasteiger partial charge in [0.2, 0.25) is 0 Å². The predicted octanol–water partition coefficient (Wildman–Crippen LogP) is 2.67. The maximum Gasteiger partial charge on any atom is 0.107 e. The van der Waals surface area contributed by atoms with Crippen LogP contribution in [0.4, 0.5) is 0 Å². The highest BCUT2D eigenvalue weighted by molar-refractivity contribution is 7.84. The molecule has 0 aliphatic carbocycles. The minimum Gasteiger partial charge on any atom is -0.310 e. The molecule has 0 aliphatic heterocycles. The zero-order valence-corrected chi connectivity index (χ0v) is 12.6. The topological polar surface area (TPSA) is 42.0 Å². The average Bonchev–Trinajstić information content (AvgIpc) is 2.88. The number of hydrogen-bond donors (Lipinski definition) is 1. The van der Waals surface area contributed by atoms with Gasteiger partial charge in [-0.15, -0.1) is 11.3 Å². The van der Waals surface area contributed by atoms with Crippen molar-refractivity contribution in [2.24, 2.45) is 0 Å². The van der Waals surface area contributed by atoms with E-state index in [1.54, 1.807) is 17.6 Å². The Labute approximate surface area is 120 Å². The van der Waals surface area contributed by atoms with Gasteiger partial charge in [0.25, 0.3) is 0 Å². The number of nitrogens with one attached hydrogen (secondary N) is 1. The molecule has 0 radical (unpaired) electrons. The lowest BCUT2D eigenvalue weighted by molar-refractivity contribution is 0.661. The van der Waals surface area contributed by atoms with Crippen molar-refractivity contribution < 1.29 is 4.21 Å². The van der Waals surface area contributed by atoms with Crippen molar-refractivity contribution in [3.8, 4) is 11.3 Å². The fraction of sp³-hybridized carbons (Fsp3) is 0.357. The Morgan fingerprint density at radius 3 is 2.84 bits per heavy atom. The largest absolute Gasteiger partial charge is 0.310 e. The highest BCUT2D eigenvalue weighted by Gasteiger charge is 2.03. The summed E-state index contributed by atoms with van der Waals surface area (Å²) in [5.74, 6) is 0.764. The van der Waals surface area contributed by atoms with Crippen molar-refractivity contribution >= 4 is 22.1 Å². The Morgan fingerprint density at radius 2 is 2.11 bits per heavy atom. The Kier molecular flexibility index (Phi) is 5.69. The lowest BCUT2D eigenvalue weighted by Gasteiger charge is -2.01. The molecule has 0 bridgehead atoms. The van der Waals surface area contributed by atoms with Crippen molar-refractivity contribution in [2.45, 2.75) is 13.0 Å². The molecule has 2 aromatic rings. The van der Waals surface area contributed by atoms with Crippen LogP contribution in [0.15, 0.2) is 35.7 Å². The predicted molar refractivity (Wildman–Crippen MR) is 82.8 cm³/mol. The second-order valence-corrected chi connectivity index (χ2v) is 6.80. The van der Waals surface area contributed by atoms with Gasteiger partial charge in [-0.3, -0.25) is 4.21 Å². The van der Waals surface area contributed by atoms with Gasteiger partial charge < -0.3 is 5.32 Å². The number of aromatic nitrogens is 1. The van der Waals surface area contributed by atoms with Crippen LogP contribution in [0, 0.1) is 0 Å². The second-order valence-electron chi connectivity index (χ2n) is 4.30. The molecule has 2 rings (SSSR count). The molecule has 102 valence electrons. The standard InChI is InChI=1S/C14H18N2OS2/c1-19(17)9-5-8-15-10-14-16-13(11-18-14)12-6-3-2-4-7-12/h2-4,6-7,11,15H,5,8-10H2,1H3. The summed E-state index contributed by atoms with van der Waals surface area (Å²) in [6.07, 6.45) is 2.69. The van der Waals surface area contributed by atoms with Crippen LogP contribution in [0.25, 0.3) is 11.3 Å². The van der Waals surface area contributed by atoms with Gasteiger partial charge in [-0.25, -0.2) is 4.98 Å². The third-order valence-corrected chi connectivity index (χ3v) is 4.40.